The van der Waals surface area contributed by atoms with Gasteiger partial charge in [-0.1, -0.05) is 11.6 Å². The summed E-state index contributed by atoms with van der Waals surface area (Å²) in [5.74, 6) is -0.524. The minimum atomic E-state index is -0.524. The number of ether oxygens (including phenoxy) is 1. The Morgan fingerprint density at radius 2 is 2.29 bits per heavy atom. The smallest absolute Gasteiger partial charge is 0.250 e. The van der Waals surface area contributed by atoms with E-state index in [1.165, 1.54) is 0 Å². The van der Waals surface area contributed by atoms with Crippen LogP contribution in [0.2, 0.25) is 5.02 Å². The van der Waals surface area contributed by atoms with Crippen molar-refractivity contribution in [2.45, 2.75) is 19.9 Å². The minimum Gasteiger partial charge on any atom is -0.380 e. The average Bonchev–Trinajstić information content (AvgIpc) is 2.26. The fourth-order valence-corrected chi connectivity index (χ4v) is 1.70. The van der Waals surface area contributed by atoms with E-state index in [1.807, 2.05) is 13.8 Å². The van der Waals surface area contributed by atoms with Crippen LogP contribution in [-0.4, -0.2) is 25.2 Å². The van der Waals surface area contributed by atoms with Crippen molar-refractivity contribution in [2.75, 3.05) is 18.5 Å². The van der Waals surface area contributed by atoms with Gasteiger partial charge >= 0.3 is 0 Å². The van der Waals surface area contributed by atoms with E-state index in [-0.39, 0.29) is 6.04 Å². The van der Waals surface area contributed by atoms with Crippen molar-refractivity contribution in [3.63, 3.8) is 0 Å². The van der Waals surface area contributed by atoms with Gasteiger partial charge in [-0.25, -0.2) is 0 Å². The van der Waals surface area contributed by atoms with Gasteiger partial charge < -0.3 is 15.8 Å². The van der Waals surface area contributed by atoms with Crippen LogP contribution in [0.1, 0.15) is 24.2 Å². The van der Waals surface area contributed by atoms with Crippen LogP contribution in [0, 0.1) is 0 Å². The van der Waals surface area contributed by atoms with Crippen molar-refractivity contribution in [2.24, 2.45) is 5.73 Å². The lowest BCUT2D eigenvalue weighted by Crippen LogP contribution is -2.21. The monoisotopic (exact) mass is 256 g/mol. The third-order valence-electron chi connectivity index (χ3n) is 2.22. The van der Waals surface area contributed by atoms with E-state index in [0.29, 0.717) is 23.8 Å². The highest BCUT2D eigenvalue weighted by Gasteiger charge is 2.08. The molecule has 0 heterocycles. The summed E-state index contributed by atoms with van der Waals surface area (Å²) >= 11 is 5.94. The van der Waals surface area contributed by atoms with Crippen molar-refractivity contribution in [3.8, 4) is 0 Å². The first-order chi connectivity index (χ1) is 8.04. The van der Waals surface area contributed by atoms with Crippen molar-refractivity contribution in [3.05, 3.63) is 28.8 Å². The van der Waals surface area contributed by atoms with Gasteiger partial charge in [0.1, 0.15) is 0 Å². The maximum absolute atomic E-state index is 11.0. The van der Waals surface area contributed by atoms with Crippen LogP contribution in [0.15, 0.2) is 18.2 Å². The van der Waals surface area contributed by atoms with Gasteiger partial charge in [0.15, 0.2) is 0 Å². The molecule has 0 spiro atoms. The fourth-order valence-electron chi connectivity index (χ4n) is 1.43. The van der Waals surface area contributed by atoms with Gasteiger partial charge in [0.05, 0.1) is 17.2 Å². The first kappa shape index (κ1) is 13.8. The first-order valence-corrected chi connectivity index (χ1v) is 5.86. The first-order valence-electron chi connectivity index (χ1n) is 5.48. The molecule has 0 aromatic heterocycles. The van der Waals surface area contributed by atoms with Crippen LogP contribution in [0.25, 0.3) is 0 Å². The molecule has 1 atom stereocenters. The van der Waals surface area contributed by atoms with Crippen LogP contribution in [0.5, 0.6) is 0 Å². The topological polar surface area (TPSA) is 64.3 Å². The number of hydrogen-bond acceptors (Lipinski definition) is 3. The molecule has 1 aromatic carbocycles. The Kier molecular flexibility index (Phi) is 5.25. The predicted octanol–water partition coefficient (Wildman–Crippen LogP) is 2.28. The third-order valence-corrected chi connectivity index (χ3v) is 2.53. The van der Waals surface area contributed by atoms with Gasteiger partial charge in [-0.15, -0.1) is 0 Å². The van der Waals surface area contributed by atoms with Crippen LogP contribution < -0.4 is 11.1 Å². The number of carbonyl (C=O) groups excluding carboxylic acids is 1. The zero-order chi connectivity index (χ0) is 12.8. The van der Waals surface area contributed by atoms with Crippen LogP contribution in [0.4, 0.5) is 5.69 Å². The SMILES string of the molecule is CCOCC(C)Nc1ccc(C(N)=O)c(Cl)c1. The minimum absolute atomic E-state index is 0.172. The highest BCUT2D eigenvalue weighted by Crippen LogP contribution is 2.21. The van der Waals surface area contributed by atoms with E-state index in [0.717, 1.165) is 5.69 Å². The standard InChI is InChI=1S/C12H17ClN2O2/c1-3-17-7-8(2)15-9-4-5-10(12(14)16)11(13)6-9/h4-6,8,15H,3,7H2,1-2H3,(H2,14,16). The third kappa shape index (κ3) is 4.24. The molecule has 0 saturated carbocycles. The Morgan fingerprint density at radius 3 is 2.82 bits per heavy atom. The second kappa shape index (κ2) is 6.47. The van der Waals surface area contributed by atoms with Crippen LogP contribution in [0.3, 0.4) is 0 Å². The summed E-state index contributed by atoms with van der Waals surface area (Å²) in [6.45, 7) is 5.26. The summed E-state index contributed by atoms with van der Waals surface area (Å²) in [7, 11) is 0. The number of carbonyl (C=O) groups is 1. The number of primary amides is 1. The molecule has 1 amide bonds. The van der Waals surface area contributed by atoms with E-state index in [2.05, 4.69) is 5.32 Å². The number of nitrogens with one attached hydrogen (secondary N) is 1. The van der Waals surface area contributed by atoms with Gasteiger partial charge in [-0.2, -0.15) is 0 Å². The molecule has 0 fully saturated rings. The van der Waals surface area contributed by atoms with Crippen molar-refractivity contribution < 1.29 is 9.53 Å². The van der Waals surface area contributed by atoms with Crippen molar-refractivity contribution >= 4 is 23.2 Å². The molecule has 17 heavy (non-hydrogen) atoms. The molecular weight excluding hydrogens is 240 g/mol. The second-order valence-electron chi connectivity index (χ2n) is 3.76. The maximum Gasteiger partial charge on any atom is 0.250 e. The lowest BCUT2D eigenvalue weighted by molar-refractivity contribution is 0.100. The van der Waals surface area contributed by atoms with Crippen molar-refractivity contribution in [1.29, 1.82) is 0 Å². The summed E-state index contributed by atoms with van der Waals surface area (Å²) < 4.78 is 5.29. The Balaban J connectivity index is 2.67. The van der Waals surface area contributed by atoms with E-state index in [1.54, 1.807) is 18.2 Å². The highest BCUT2D eigenvalue weighted by molar-refractivity contribution is 6.34. The van der Waals surface area contributed by atoms with Gasteiger partial charge in [0.25, 0.3) is 0 Å². The number of anilines is 1. The molecule has 3 N–H and O–H groups in total. The molecule has 1 rings (SSSR count). The lowest BCUT2D eigenvalue weighted by atomic mass is 10.2. The highest BCUT2D eigenvalue weighted by atomic mass is 35.5. The van der Waals surface area contributed by atoms with Gasteiger partial charge in [0, 0.05) is 18.3 Å². The lowest BCUT2D eigenvalue weighted by Gasteiger charge is -2.15. The molecule has 0 aliphatic rings. The molecular formula is C12H17ClN2O2. The Bertz CT molecular complexity index is 396. The Labute approximate surface area is 106 Å². The Hall–Kier alpha value is -1.26. The number of rotatable bonds is 6. The van der Waals surface area contributed by atoms with E-state index in [9.17, 15) is 4.79 Å². The fraction of sp³-hybridized carbons (Fsp3) is 0.417. The van der Waals surface area contributed by atoms with Gasteiger partial charge in [0.2, 0.25) is 5.91 Å². The summed E-state index contributed by atoms with van der Waals surface area (Å²) in [4.78, 5) is 11.0. The second-order valence-corrected chi connectivity index (χ2v) is 4.17. The molecule has 5 heteroatoms. The quantitative estimate of drug-likeness (QED) is 0.821. The molecule has 4 nitrogen and oxygen atoms in total. The normalized spacial score (nSPS) is 12.2. The van der Waals surface area contributed by atoms with Gasteiger partial charge in [-0.05, 0) is 32.0 Å². The molecule has 94 valence electrons. The molecule has 0 saturated heterocycles. The number of nitrogens with two attached hydrogens (primary N) is 1. The molecule has 1 aromatic rings. The molecule has 0 radical (unpaired) electrons. The van der Waals surface area contributed by atoms with Crippen molar-refractivity contribution in [1.82, 2.24) is 0 Å². The average molecular weight is 257 g/mol. The molecule has 0 aliphatic heterocycles. The maximum atomic E-state index is 11.0. The summed E-state index contributed by atoms with van der Waals surface area (Å²) in [6.07, 6.45) is 0. The number of halogens is 1. The van der Waals surface area contributed by atoms with Crippen LogP contribution in [-0.2, 0) is 4.74 Å². The molecule has 0 aliphatic carbocycles. The van der Waals surface area contributed by atoms with E-state index >= 15 is 0 Å². The number of hydrogen-bond donors (Lipinski definition) is 2. The van der Waals surface area contributed by atoms with Gasteiger partial charge in [-0.3, -0.25) is 4.79 Å². The number of amides is 1. The zero-order valence-electron chi connectivity index (χ0n) is 10.00. The summed E-state index contributed by atoms with van der Waals surface area (Å²) in [5.41, 5.74) is 6.34. The Morgan fingerprint density at radius 1 is 1.59 bits per heavy atom. The predicted molar refractivity (Wildman–Crippen MR) is 69.5 cm³/mol. The van der Waals surface area contributed by atoms with Crippen LogP contribution >= 0.6 is 11.6 Å². The molecule has 1 unspecified atom stereocenters. The molecule has 0 bridgehead atoms. The zero-order valence-corrected chi connectivity index (χ0v) is 10.8. The van der Waals surface area contributed by atoms with E-state index < -0.39 is 5.91 Å². The van der Waals surface area contributed by atoms with E-state index in [4.69, 9.17) is 22.1 Å². The summed E-state index contributed by atoms with van der Waals surface area (Å²) in [5, 5.41) is 3.57. The largest absolute Gasteiger partial charge is 0.380 e. The number of benzene rings is 1. The summed E-state index contributed by atoms with van der Waals surface area (Å²) in [6, 6.07) is 5.24.